The Morgan fingerprint density at radius 1 is 1.57 bits per heavy atom. The molecule has 0 saturated carbocycles. The van der Waals surface area contributed by atoms with Crippen LogP contribution in [0.5, 0.6) is 0 Å². The molecular formula is C12H19ClN4O3S. The Bertz CT molecular complexity index is 628. The number of hydrogen-bond donors (Lipinski definition) is 2. The Hall–Kier alpha value is -1.09. The highest BCUT2D eigenvalue weighted by Gasteiger charge is 2.26. The molecule has 118 valence electrons. The highest BCUT2D eigenvalue weighted by atomic mass is 35.5. The van der Waals surface area contributed by atoms with Gasteiger partial charge in [0.25, 0.3) is 16.1 Å². The van der Waals surface area contributed by atoms with E-state index in [1.807, 2.05) is 0 Å². The number of nitrogens with one attached hydrogen (secondary N) is 1. The van der Waals surface area contributed by atoms with Crippen molar-refractivity contribution in [3.63, 3.8) is 0 Å². The number of piperidine rings is 1. The minimum absolute atomic E-state index is 0.0664. The number of carbonyl (C=O) groups excluding carboxylic acids is 1. The Morgan fingerprint density at radius 2 is 2.29 bits per heavy atom. The quantitative estimate of drug-likeness (QED) is 0.830. The molecule has 21 heavy (non-hydrogen) atoms. The summed E-state index contributed by atoms with van der Waals surface area (Å²) in [5, 5.41) is 5.44. The molecule has 9 heteroatoms. The zero-order valence-corrected chi connectivity index (χ0v) is 13.3. The van der Waals surface area contributed by atoms with Crippen LogP contribution in [-0.4, -0.2) is 43.4 Å². The molecule has 0 spiro atoms. The molecule has 0 radical (unpaired) electrons. The summed E-state index contributed by atoms with van der Waals surface area (Å²) >= 11 is 5.90. The van der Waals surface area contributed by atoms with Gasteiger partial charge in [-0.1, -0.05) is 11.6 Å². The van der Waals surface area contributed by atoms with Crippen LogP contribution in [0, 0.1) is 5.92 Å². The van der Waals surface area contributed by atoms with E-state index in [0.29, 0.717) is 23.8 Å². The molecule has 1 saturated heterocycles. The summed E-state index contributed by atoms with van der Waals surface area (Å²) in [5.74, 6) is -0.0264. The molecule has 1 unspecified atom stereocenters. The largest absolute Gasteiger partial charge is 0.345 e. The molecule has 1 aliphatic rings. The number of nitrogens with zero attached hydrogens (tertiary/aromatic N) is 2. The number of nitrogens with two attached hydrogens (primary N) is 1. The molecule has 1 aromatic heterocycles. The summed E-state index contributed by atoms with van der Waals surface area (Å²) in [4.78, 5) is 14.2. The lowest BCUT2D eigenvalue weighted by Crippen LogP contribution is -2.45. The van der Waals surface area contributed by atoms with Gasteiger partial charge >= 0.3 is 0 Å². The van der Waals surface area contributed by atoms with E-state index >= 15 is 0 Å². The third-order valence-corrected chi connectivity index (χ3v) is 4.35. The van der Waals surface area contributed by atoms with E-state index in [0.717, 1.165) is 12.8 Å². The average molecular weight is 335 g/mol. The van der Waals surface area contributed by atoms with Crippen molar-refractivity contribution in [2.75, 3.05) is 19.6 Å². The van der Waals surface area contributed by atoms with Gasteiger partial charge in [-0.15, -0.1) is 0 Å². The highest BCUT2D eigenvalue weighted by Crippen LogP contribution is 2.20. The first-order valence-corrected chi connectivity index (χ1v) is 8.57. The van der Waals surface area contributed by atoms with Crippen molar-refractivity contribution in [1.82, 2.24) is 14.2 Å². The molecule has 0 aliphatic carbocycles. The monoisotopic (exact) mass is 334 g/mol. The fraction of sp³-hybridized carbons (Fsp3) is 0.583. The molecule has 3 N–H and O–H groups in total. The molecule has 1 aliphatic heterocycles. The van der Waals surface area contributed by atoms with Crippen LogP contribution in [0.25, 0.3) is 0 Å². The summed E-state index contributed by atoms with van der Waals surface area (Å²) in [5.41, 5.74) is 0.528. The molecule has 2 rings (SSSR count). The normalized spacial score (nSPS) is 19.8. The zero-order chi connectivity index (χ0) is 15.6. The third-order valence-electron chi connectivity index (χ3n) is 3.57. The predicted octanol–water partition coefficient (Wildman–Crippen LogP) is 0.324. The smallest absolute Gasteiger partial charge is 0.274 e. The first kappa shape index (κ1) is 16.3. The molecule has 1 aromatic rings. The van der Waals surface area contributed by atoms with E-state index in [2.05, 4.69) is 4.72 Å². The van der Waals surface area contributed by atoms with Crippen molar-refractivity contribution < 1.29 is 13.2 Å². The van der Waals surface area contributed by atoms with Gasteiger partial charge in [0.1, 0.15) is 5.69 Å². The van der Waals surface area contributed by atoms with Gasteiger partial charge in [-0.3, -0.25) is 4.79 Å². The summed E-state index contributed by atoms with van der Waals surface area (Å²) in [6, 6.07) is 1.64. The van der Waals surface area contributed by atoms with Crippen LogP contribution in [0.3, 0.4) is 0 Å². The Kier molecular flexibility index (Phi) is 4.92. The maximum atomic E-state index is 12.5. The molecule has 1 amide bonds. The van der Waals surface area contributed by atoms with Gasteiger partial charge < -0.3 is 9.47 Å². The van der Waals surface area contributed by atoms with Crippen LogP contribution in [0.4, 0.5) is 0 Å². The minimum atomic E-state index is -3.69. The zero-order valence-electron chi connectivity index (χ0n) is 11.8. The lowest BCUT2D eigenvalue weighted by molar-refractivity contribution is 0.0666. The SMILES string of the molecule is Cn1cc(Cl)cc1C(=O)N1CCCC(CNS(N)(=O)=O)C1. The Labute approximate surface area is 129 Å². The predicted molar refractivity (Wildman–Crippen MR) is 80.2 cm³/mol. The summed E-state index contributed by atoms with van der Waals surface area (Å²) < 4.78 is 25.8. The van der Waals surface area contributed by atoms with Crippen LogP contribution in [0.1, 0.15) is 23.3 Å². The van der Waals surface area contributed by atoms with Crippen LogP contribution < -0.4 is 9.86 Å². The second-order valence-electron chi connectivity index (χ2n) is 5.31. The summed E-state index contributed by atoms with van der Waals surface area (Å²) in [6.45, 7) is 1.41. The van der Waals surface area contributed by atoms with E-state index in [9.17, 15) is 13.2 Å². The number of aryl methyl sites for hydroxylation is 1. The van der Waals surface area contributed by atoms with E-state index in [4.69, 9.17) is 16.7 Å². The minimum Gasteiger partial charge on any atom is -0.345 e. The van der Waals surface area contributed by atoms with Crippen molar-refractivity contribution in [3.8, 4) is 0 Å². The highest BCUT2D eigenvalue weighted by molar-refractivity contribution is 7.87. The number of aromatic nitrogens is 1. The fourth-order valence-corrected chi connectivity index (χ4v) is 3.27. The number of likely N-dealkylation sites (tertiary alicyclic amines) is 1. The van der Waals surface area contributed by atoms with Crippen molar-refractivity contribution >= 4 is 27.7 Å². The second-order valence-corrected chi connectivity index (χ2v) is 7.12. The van der Waals surface area contributed by atoms with Crippen LogP contribution in [0.15, 0.2) is 12.3 Å². The van der Waals surface area contributed by atoms with Crippen molar-refractivity contribution in [1.29, 1.82) is 0 Å². The number of halogens is 1. The first-order chi connectivity index (χ1) is 9.76. The average Bonchev–Trinajstić information content (AvgIpc) is 2.74. The number of hydrogen-bond acceptors (Lipinski definition) is 3. The van der Waals surface area contributed by atoms with Gasteiger partial charge in [0.05, 0.1) is 5.02 Å². The van der Waals surface area contributed by atoms with Gasteiger partial charge in [0, 0.05) is 32.9 Å². The molecule has 2 heterocycles. The molecule has 7 nitrogen and oxygen atoms in total. The van der Waals surface area contributed by atoms with Crippen LogP contribution >= 0.6 is 11.6 Å². The van der Waals surface area contributed by atoms with Gasteiger partial charge in [0.2, 0.25) is 0 Å². The van der Waals surface area contributed by atoms with Crippen molar-refractivity contribution in [2.45, 2.75) is 12.8 Å². The molecule has 0 bridgehead atoms. The lowest BCUT2D eigenvalue weighted by Gasteiger charge is -2.32. The van der Waals surface area contributed by atoms with Gasteiger partial charge in [-0.25, -0.2) is 9.86 Å². The fourth-order valence-electron chi connectivity index (χ4n) is 2.55. The maximum absolute atomic E-state index is 12.5. The van der Waals surface area contributed by atoms with E-state index in [-0.39, 0.29) is 18.4 Å². The lowest BCUT2D eigenvalue weighted by atomic mass is 9.98. The second kappa shape index (κ2) is 6.35. The number of carbonyl (C=O) groups is 1. The van der Waals surface area contributed by atoms with Gasteiger partial charge in [0.15, 0.2) is 0 Å². The number of rotatable bonds is 4. The Morgan fingerprint density at radius 3 is 2.86 bits per heavy atom. The third kappa shape index (κ3) is 4.44. The van der Waals surface area contributed by atoms with E-state index in [1.54, 1.807) is 28.8 Å². The van der Waals surface area contributed by atoms with Gasteiger partial charge in [-0.2, -0.15) is 8.42 Å². The summed E-state index contributed by atoms with van der Waals surface area (Å²) in [7, 11) is -1.92. The van der Waals surface area contributed by atoms with E-state index < -0.39 is 10.2 Å². The molecule has 0 aromatic carbocycles. The summed E-state index contributed by atoms with van der Waals surface area (Å²) in [6.07, 6.45) is 3.37. The van der Waals surface area contributed by atoms with Crippen molar-refractivity contribution in [3.05, 3.63) is 23.0 Å². The standard InChI is InChI=1S/C12H19ClN4O3S/c1-16-8-10(13)5-11(16)12(18)17-4-2-3-9(7-17)6-15-21(14,19)20/h5,8-9,15H,2-4,6-7H2,1H3,(H2,14,19,20). The van der Waals surface area contributed by atoms with Crippen LogP contribution in [-0.2, 0) is 17.3 Å². The van der Waals surface area contributed by atoms with Crippen LogP contribution in [0.2, 0.25) is 5.02 Å². The molecular weight excluding hydrogens is 316 g/mol. The maximum Gasteiger partial charge on any atom is 0.274 e. The molecule has 1 fully saturated rings. The van der Waals surface area contributed by atoms with E-state index in [1.165, 1.54) is 0 Å². The Balaban J connectivity index is 2.00. The topological polar surface area (TPSA) is 97.4 Å². The molecule has 1 atom stereocenters. The number of amides is 1. The first-order valence-electron chi connectivity index (χ1n) is 6.65. The van der Waals surface area contributed by atoms with Crippen molar-refractivity contribution in [2.24, 2.45) is 18.1 Å². The van der Waals surface area contributed by atoms with Gasteiger partial charge in [-0.05, 0) is 24.8 Å².